The van der Waals surface area contributed by atoms with Gasteiger partial charge in [-0.15, -0.1) is 0 Å². The van der Waals surface area contributed by atoms with Gasteiger partial charge in [0, 0.05) is 18.4 Å². The summed E-state index contributed by atoms with van der Waals surface area (Å²) in [5.74, 6) is 1.59. The lowest BCUT2D eigenvalue weighted by atomic mass is 9.79. The van der Waals surface area contributed by atoms with Crippen LogP contribution in [0.3, 0.4) is 0 Å². The Bertz CT molecular complexity index is 455. The zero-order chi connectivity index (χ0) is 15.2. The number of hydrogen-bond acceptors (Lipinski definition) is 3. The van der Waals surface area contributed by atoms with E-state index in [2.05, 4.69) is 5.32 Å². The predicted octanol–water partition coefficient (Wildman–Crippen LogP) is 1.32. The first-order valence-corrected chi connectivity index (χ1v) is 8.86. The van der Waals surface area contributed by atoms with Gasteiger partial charge in [0.15, 0.2) is 0 Å². The van der Waals surface area contributed by atoms with Crippen molar-refractivity contribution in [1.82, 2.24) is 10.2 Å². The number of rotatable bonds is 4. The summed E-state index contributed by atoms with van der Waals surface area (Å²) < 4.78 is 6.09. The van der Waals surface area contributed by atoms with E-state index in [0.717, 1.165) is 64.8 Å². The molecule has 1 N–H and O–H groups in total. The van der Waals surface area contributed by atoms with E-state index in [-0.39, 0.29) is 17.4 Å². The Kier molecular flexibility index (Phi) is 3.63. The van der Waals surface area contributed by atoms with E-state index in [4.69, 9.17) is 4.74 Å². The summed E-state index contributed by atoms with van der Waals surface area (Å²) in [7, 11) is 0. The molecule has 122 valence electrons. The van der Waals surface area contributed by atoms with Crippen LogP contribution in [0.5, 0.6) is 0 Å². The van der Waals surface area contributed by atoms with Gasteiger partial charge in [0.25, 0.3) is 0 Å². The average molecular weight is 306 g/mol. The lowest BCUT2D eigenvalue weighted by Gasteiger charge is -2.54. The Morgan fingerprint density at radius 3 is 2.41 bits per heavy atom. The van der Waals surface area contributed by atoms with Crippen LogP contribution in [0.4, 0.5) is 0 Å². The molecule has 0 bridgehead atoms. The summed E-state index contributed by atoms with van der Waals surface area (Å²) in [4.78, 5) is 25.8. The van der Waals surface area contributed by atoms with Gasteiger partial charge in [0.2, 0.25) is 11.8 Å². The first-order valence-electron chi connectivity index (χ1n) is 8.86. The van der Waals surface area contributed by atoms with Crippen LogP contribution in [0.15, 0.2) is 0 Å². The zero-order valence-electron chi connectivity index (χ0n) is 13.2. The third-order valence-electron chi connectivity index (χ3n) is 5.87. The van der Waals surface area contributed by atoms with E-state index < -0.39 is 0 Å². The third kappa shape index (κ3) is 2.75. The molecule has 1 atom stereocenters. The van der Waals surface area contributed by atoms with Crippen molar-refractivity contribution in [3.8, 4) is 0 Å². The van der Waals surface area contributed by atoms with E-state index in [1.165, 1.54) is 6.42 Å². The molecule has 0 aromatic carbocycles. The molecule has 2 saturated carbocycles. The van der Waals surface area contributed by atoms with Crippen LogP contribution < -0.4 is 5.32 Å². The van der Waals surface area contributed by atoms with Crippen LogP contribution in [0, 0.1) is 17.8 Å². The molecular weight excluding hydrogens is 280 g/mol. The maximum atomic E-state index is 12.2. The highest BCUT2D eigenvalue weighted by atomic mass is 16.5. The standard InChI is InChI=1S/C17H26N2O3/c20-15(13-4-5-13)18-8-12-6-7-17(22-9-12)10-19(11-17)16(21)14-2-1-3-14/h12-14H,1-11H2,(H,18,20). The summed E-state index contributed by atoms with van der Waals surface area (Å²) in [5.41, 5.74) is -0.0730. The fourth-order valence-electron chi connectivity index (χ4n) is 3.78. The molecule has 0 aromatic rings. The highest BCUT2D eigenvalue weighted by molar-refractivity contribution is 5.81. The maximum absolute atomic E-state index is 12.2. The SMILES string of the molecule is O=C(NCC1CCC2(CN(C(=O)C3CCC3)C2)OC1)C1CC1. The zero-order valence-corrected chi connectivity index (χ0v) is 13.2. The molecule has 4 rings (SSSR count). The summed E-state index contributed by atoms with van der Waals surface area (Å²) in [6, 6.07) is 0. The van der Waals surface area contributed by atoms with Crippen molar-refractivity contribution in [2.75, 3.05) is 26.2 Å². The third-order valence-corrected chi connectivity index (χ3v) is 5.87. The summed E-state index contributed by atoms with van der Waals surface area (Å²) in [6.07, 6.45) is 7.59. The number of ether oxygens (including phenoxy) is 1. The van der Waals surface area contributed by atoms with Crippen LogP contribution in [0.2, 0.25) is 0 Å². The molecule has 4 fully saturated rings. The van der Waals surface area contributed by atoms with Gasteiger partial charge in [-0.25, -0.2) is 0 Å². The second-order valence-corrected chi connectivity index (χ2v) is 7.74. The molecule has 1 unspecified atom stereocenters. The molecule has 1 spiro atoms. The van der Waals surface area contributed by atoms with E-state index >= 15 is 0 Å². The first-order chi connectivity index (χ1) is 10.7. The Labute approximate surface area is 131 Å². The minimum Gasteiger partial charge on any atom is -0.371 e. The molecule has 2 aliphatic heterocycles. The number of likely N-dealkylation sites (tertiary alicyclic amines) is 1. The fraction of sp³-hybridized carbons (Fsp3) is 0.882. The first kappa shape index (κ1) is 14.5. The Morgan fingerprint density at radius 2 is 1.86 bits per heavy atom. The van der Waals surface area contributed by atoms with Crippen molar-refractivity contribution in [1.29, 1.82) is 0 Å². The van der Waals surface area contributed by atoms with E-state index in [1.54, 1.807) is 0 Å². The van der Waals surface area contributed by atoms with Crippen molar-refractivity contribution < 1.29 is 14.3 Å². The second-order valence-electron chi connectivity index (χ2n) is 7.74. The van der Waals surface area contributed by atoms with Crippen molar-refractivity contribution >= 4 is 11.8 Å². The topological polar surface area (TPSA) is 58.6 Å². The fourth-order valence-corrected chi connectivity index (χ4v) is 3.78. The summed E-state index contributed by atoms with van der Waals surface area (Å²) >= 11 is 0. The van der Waals surface area contributed by atoms with E-state index in [0.29, 0.717) is 17.7 Å². The normalized spacial score (nSPS) is 30.5. The van der Waals surface area contributed by atoms with E-state index in [1.807, 2.05) is 4.90 Å². The van der Waals surface area contributed by atoms with Gasteiger partial charge in [0.05, 0.1) is 19.7 Å². The summed E-state index contributed by atoms with van der Waals surface area (Å²) in [6.45, 7) is 3.03. The Morgan fingerprint density at radius 1 is 1.09 bits per heavy atom. The molecule has 2 saturated heterocycles. The monoisotopic (exact) mass is 306 g/mol. The minimum absolute atomic E-state index is 0.0730. The molecule has 4 aliphatic rings. The van der Waals surface area contributed by atoms with Gasteiger partial charge in [-0.2, -0.15) is 0 Å². The maximum Gasteiger partial charge on any atom is 0.225 e. The molecule has 22 heavy (non-hydrogen) atoms. The molecule has 2 aliphatic carbocycles. The second kappa shape index (κ2) is 5.52. The minimum atomic E-state index is -0.0730. The average Bonchev–Trinajstić information content (AvgIpc) is 3.25. The number of amides is 2. The molecule has 5 nitrogen and oxygen atoms in total. The van der Waals surface area contributed by atoms with Crippen LogP contribution >= 0.6 is 0 Å². The number of nitrogens with one attached hydrogen (secondary N) is 1. The van der Waals surface area contributed by atoms with Gasteiger partial charge in [-0.1, -0.05) is 6.42 Å². The molecule has 2 heterocycles. The number of carbonyl (C=O) groups excluding carboxylic acids is 2. The van der Waals surface area contributed by atoms with Gasteiger partial charge in [-0.05, 0) is 44.4 Å². The van der Waals surface area contributed by atoms with E-state index in [9.17, 15) is 9.59 Å². The highest BCUT2D eigenvalue weighted by Gasteiger charge is 2.49. The van der Waals surface area contributed by atoms with Gasteiger partial charge in [-0.3, -0.25) is 9.59 Å². The molecule has 0 radical (unpaired) electrons. The number of carbonyl (C=O) groups is 2. The number of hydrogen-bond donors (Lipinski definition) is 1. The van der Waals surface area contributed by atoms with Crippen molar-refractivity contribution in [2.24, 2.45) is 17.8 Å². The van der Waals surface area contributed by atoms with Crippen molar-refractivity contribution in [3.63, 3.8) is 0 Å². The predicted molar refractivity (Wildman–Crippen MR) is 81.1 cm³/mol. The highest BCUT2D eigenvalue weighted by Crippen LogP contribution is 2.38. The lowest BCUT2D eigenvalue weighted by molar-refractivity contribution is -0.192. The van der Waals surface area contributed by atoms with Crippen LogP contribution in [0.1, 0.15) is 44.9 Å². The number of nitrogens with zero attached hydrogens (tertiary/aromatic N) is 1. The quantitative estimate of drug-likeness (QED) is 0.852. The lowest BCUT2D eigenvalue weighted by Crippen LogP contribution is -2.67. The van der Waals surface area contributed by atoms with Crippen LogP contribution in [-0.2, 0) is 14.3 Å². The van der Waals surface area contributed by atoms with Crippen molar-refractivity contribution in [3.05, 3.63) is 0 Å². The van der Waals surface area contributed by atoms with Gasteiger partial charge < -0.3 is 15.0 Å². The van der Waals surface area contributed by atoms with Crippen LogP contribution in [0.25, 0.3) is 0 Å². The Hall–Kier alpha value is -1.10. The largest absolute Gasteiger partial charge is 0.371 e. The smallest absolute Gasteiger partial charge is 0.225 e. The molecule has 5 heteroatoms. The van der Waals surface area contributed by atoms with Gasteiger partial charge in [0.1, 0.15) is 5.60 Å². The molecular formula is C17H26N2O3. The molecule has 0 aromatic heterocycles. The van der Waals surface area contributed by atoms with Gasteiger partial charge >= 0.3 is 0 Å². The van der Waals surface area contributed by atoms with Crippen molar-refractivity contribution in [2.45, 2.75) is 50.5 Å². The molecule has 2 amide bonds. The van der Waals surface area contributed by atoms with Crippen LogP contribution in [-0.4, -0.2) is 48.6 Å². The Balaban J connectivity index is 1.18. The summed E-state index contributed by atoms with van der Waals surface area (Å²) in [5, 5.41) is 3.05.